The van der Waals surface area contributed by atoms with Crippen molar-refractivity contribution in [2.75, 3.05) is 24.9 Å². The first-order valence-corrected chi connectivity index (χ1v) is 16.7. The van der Waals surface area contributed by atoms with Crippen LogP contribution in [0.15, 0.2) is 36.4 Å². The van der Waals surface area contributed by atoms with Crippen LogP contribution in [-0.2, 0) is 9.59 Å². The van der Waals surface area contributed by atoms with Gasteiger partial charge in [0.15, 0.2) is 0 Å². The first-order chi connectivity index (χ1) is 19.6. The highest BCUT2D eigenvalue weighted by atomic mass is 79.9. The monoisotopic (exact) mass is 700 g/mol. The highest BCUT2D eigenvalue weighted by Gasteiger charge is 2.81. The number of fused-ring (bicyclic) bond motifs is 2. The van der Waals surface area contributed by atoms with E-state index >= 15 is 0 Å². The summed E-state index contributed by atoms with van der Waals surface area (Å²) in [5.41, 5.74) is 2.29. The highest BCUT2D eigenvalue weighted by molar-refractivity contribution is 9.09. The number of hydrogen-bond donors (Lipinski definition) is 2. The number of amides is 2. The summed E-state index contributed by atoms with van der Waals surface area (Å²) in [6.45, 7) is 13.4. The van der Waals surface area contributed by atoms with Crippen molar-refractivity contribution < 1.29 is 19.1 Å². The minimum Gasteiger partial charge on any atom is -0.495 e. The summed E-state index contributed by atoms with van der Waals surface area (Å²) >= 11 is 7.74. The van der Waals surface area contributed by atoms with Crippen LogP contribution in [0.2, 0.25) is 0 Å². The summed E-state index contributed by atoms with van der Waals surface area (Å²) in [7, 11) is 3.23. The maximum Gasteiger partial charge on any atom is 0.232 e. The number of anilines is 2. The number of hydrogen-bond acceptors (Lipinski definition) is 4. The summed E-state index contributed by atoms with van der Waals surface area (Å²) in [6, 6.07) is 11.6. The largest absolute Gasteiger partial charge is 0.495 e. The van der Waals surface area contributed by atoms with Gasteiger partial charge < -0.3 is 20.1 Å². The van der Waals surface area contributed by atoms with Crippen LogP contribution in [0.5, 0.6) is 11.5 Å². The number of methoxy groups -OCH3 is 2. The number of rotatable bonds is 7. The molecule has 2 aromatic carbocycles. The van der Waals surface area contributed by atoms with Gasteiger partial charge in [0, 0.05) is 9.65 Å². The molecule has 226 valence electrons. The van der Waals surface area contributed by atoms with Gasteiger partial charge in [0.2, 0.25) is 11.8 Å². The fourth-order valence-corrected chi connectivity index (χ4v) is 13.0. The van der Waals surface area contributed by atoms with E-state index in [1.54, 1.807) is 14.2 Å². The van der Waals surface area contributed by atoms with Crippen molar-refractivity contribution in [3.05, 3.63) is 36.4 Å². The van der Waals surface area contributed by atoms with Gasteiger partial charge in [-0.1, -0.05) is 85.5 Å². The van der Waals surface area contributed by atoms with Crippen LogP contribution in [-0.4, -0.2) is 35.7 Å². The van der Waals surface area contributed by atoms with Gasteiger partial charge in [-0.25, -0.2) is 0 Å². The molecule has 2 amide bonds. The standard InChI is InChI=1S/C34H42Br2N2O4/c1-29(2)31(5)13-15-33(29,25(31)35)27(39)37-21-11-9-19(17-23(21)41-7)20-10-12-22(24(18-20)42-8)38-28(40)34-16-14-32(6,26(34)36)30(34,3)4/h9-12,17-18,25-26H,13-16H2,1-8H3,(H,37,39)(H,38,40). The van der Waals surface area contributed by atoms with Crippen LogP contribution in [0.1, 0.15) is 67.2 Å². The first-order valence-electron chi connectivity index (χ1n) is 14.9. The number of carbonyl (C=O) groups is 2. The molecule has 42 heavy (non-hydrogen) atoms. The molecule has 0 aromatic heterocycles. The molecule has 2 N–H and O–H groups in total. The lowest BCUT2D eigenvalue weighted by Gasteiger charge is -2.64. The minimum absolute atomic E-state index is 0.0413. The number of ether oxygens (including phenoxy) is 2. The van der Waals surface area contributed by atoms with Gasteiger partial charge >= 0.3 is 0 Å². The average Bonchev–Trinajstić information content (AvgIpc) is 3.58. The number of carbonyl (C=O) groups excluding carboxylic acids is 2. The molecule has 0 heterocycles. The summed E-state index contributed by atoms with van der Waals surface area (Å²) < 4.78 is 11.5. The maximum atomic E-state index is 13.7. The molecular weight excluding hydrogens is 660 g/mol. The Bertz CT molecular complexity index is 1390. The third-order valence-electron chi connectivity index (χ3n) is 13.2. The van der Waals surface area contributed by atoms with Gasteiger partial charge in [-0.15, -0.1) is 0 Å². The zero-order valence-electron chi connectivity index (χ0n) is 25.8. The normalized spacial score (nSPS) is 36.4. The Morgan fingerprint density at radius 3 is 1.29 bits per heavy atom. The number of alkyl halides is 2. The van der Waals surface area contributed by atoms with E-state index in [4.69, 9.17) is 9.47 Å². The number of halogens is 2. The number of benzene rings is 2. The van der Waals surface area contributed by atoms with Gasteiger partial charge in [-0.2, -0.15) is 0 Å². The Hall–Kier alpha value is -2.06. The molecule has 6 aliphatic carbocycles. The highest BCUT2D eigenvalue weighted by Crippen LogP contribution is 2.81. The Morgan fingerprint density at radius 1 is 0.667 bits per heavy atom. The molecule has 4 bridgehead atoms. The van der Waals surface area contributed by atoms with Gasteiger partial charge in [0.05, 0.1) is 36.4 Å². The third kappa shape index (κ3) is 3.26. The van der Waals surface area contributed by atoms with Gasteiger partial charge in [-0.05, 0) is 82.7 Å². The van der Waals surface area contributed by atoms with Gasteiger partial charge in [0.1, 0.15) is 11.5 Å². The topological polar surface area (TPSA) is 76.7 Å². The van der Waals surface area contributed by atoms with Crippen molar-refractivity contribution in [1.29, 1.82) is 0 Å². The van der Waals surface area contributed by atoms with E-state index in [-0.39, 0.29) is 43.1 Å². The fraction of sp³-hybridized carbons (Fsp3) is 0.588. The molecule has 6 nitrogen and oxygen atoms in total. The molecule has 8 rings (SSSR count). The van der Waals surface area contributed by atoms with E-state index in [1.165, 1.54) is 0 Å². The van der Waals surface area contributed by atoms with E-state index in [9.17, 15) is 9.59 Å². The SMILES string of the molecule is COc1cc(-c2ccc(NC(=O)C34CCC(C)(C3Br)C4(C)C)c(OC)c2)ccc1NC(=O)C12CCC(C)(C1Br)C2(C)C. The summed E-state index contributed by atoms with van der Waals surface area (Å²) in [6.07, 6.45) is 3.81. The molecule has 0 radical (unpaired) electrons. The van der Waals surface area contributed by atoms with Crippen molar-refractivity contribution in [1.82, 2.24) is 0 Å². The lowest BCUT2D eigenvalue weighted by Crippen LogP contribution is -2.68. The molecule has 6 aliphatic rings. The molecule has 6 atom stereocenters. The second-order valence-electron chi connectivity index (χ2n) is 14.5. The van der Waals surface area contributed by atoms with Crippen LogP contribution in [0.4, 0.5) is 11.4 Å². The molecule has 6 saturated carbocycles. The number of nitrogens with one attached hydrogen (secondary N) is 2. The molecule has 0 saturated heterocycles. The molecule has 6 fully saturated rings. The Morgan fingerprint density at radius 2 is 1.02 bits per heavy atom. The Kier molecular flexibility index (Phi) is 6.59. The summed E-state index contributed by atoms with van der Waals surface area (Å²) in [5.74, 6) is 1.27. The van der Waals surface area contributed by atoms with Crippen LogP contribution in [0.25, 0.3) is 11.1 Å². The lowest BCUT2D eigenvalue weighted by molar-refractivity contribution is -0.156. The predicted molar refractivity (Wildman–Crippen MR) is 175 cm³/mol. The van der Waals surface area contributed by atoms with Crippen LogP contribution < -0.4 is 20.1 Å². The van der Waals surface area contributed by atoms with Crippen LogP contribution >= 0.6 is 31.9 Å². The van der Waals surface area contributed by atoms with Crippen LogP contribution in [0, 0.1) is 32.5 Å². The molecule has 6 unspecified atom stereocenters. The van der Waals surface area contributed by atoms with E-state index in [0.29, 0.717) is 22.9 Å². The third-order valence-corrected chi connectivity index (χ3v) is 16.8. The Balaban J connectivity index is 1.23. The quantitative estimate of drug-likeness (QED) is 0.284. The second kappa shape index (κ2) is 9.23. The first kappa shape index (κ1) is 30.0. The van der Waals surface area contributed by atoms with E-state index in [2.05, 4.69) is 84.0 Å². The van der Waals surface area contributed by atoms with Crippen molar-refractivity contribution >= 4 is 55.0 Å². The molecule has 0 aliphatic heterocycles. The van der Waals surface area contributed by atoms with Crippen molar-refractivity contribution in [2.24, 2.45) is 32.5 Å². The molecule has 2 aromatic rings. The zero-order valence-corrected chi connectivity index (χ0v) is 29.0. The summed E-state index contributed by atoms with van der Waals surface area (Å²) in [4.78, 5) is 27.7. The van der Waals surface area contributed by atoms with E-state index in [0.717, 1.165) is 36.8 Å². The second-order valence-corrected chi connectivity index (χ2v) is 16.3. The fourth-order valence-electron chi connectivity index (χ4n) is 9.33. The zero-order chi connectivity index (χ0) is 30.7. The smallest absolute Gasteiger partial charge is 0.232 e. The van der Waals surface area contributed by atoms with Gasteiger partial charge in [0.25, 0.3) is 0 Å². The van der Waals surface area contributed by atoms with Gasteiger partial charge in [-0.3, -0.25) is 9.59 Å². The molecule has 8 heteroatoms. The molecule has 0 spiro atoms. The van der Waals surface area contributed by atoms with Crippen molar-refractivity contribution in [2.45, 2.75) is 76.9 Å². The average molecular weight is 703 g/mol. The summed E-state index contributed by atoms with van der Waals surface area (Å²) in [5, 5.41) is 6.39. The predicted octanol–water partition coefficient (Wildman–Crippen LogP) is 8.43. The van der Waals surface area contributed by atoms with Crippen molar-refractivity contribution in [3.63, 3.8) is 0 Å². The van der Waals surface area contributed by atoms with E-state index < -0.39 is 10.8 Å². The van der Waals surface area contributed by atoms with E-state index in [1.807, 2.05) is 36.4 Å². The lowest BCUT2D eigenvalue weighted by atomic mass is 9.43. The minimum atomic E-state index is -0.445. The van der Waals surface area contributed by atoms with Crippen LogP contribution in [0.3, 0.4) is 0 Å². The maximum absolute atomic E-state index is 13.7. The Labute approximate surface area is 266 Å². The van der Waals surface area contributed by atoms with Crippen molar-refractivity contribution in [3.8, 4) is 22.6 Å². The molecular formula is C34H42Br2N2O4.